The standard InChI is InChI=1S/C20H30BN3O4/c1-19(2,3)27-18(25)22-11-7-6-8-17-23-15-10-9-14(12-16(15)24-17)21-26-13-20(4,5)28-21/h9-10,12H,6-8,11,13H2,1-5H3,(H,22,25)(H,23,24). The largest absolute Gasteiger partial charge is 0.494 e. The van der Waals surface area contributed by atoms with E-state index in [0.717, 1.165) is 41.6 Å². The molecule has 0 radical (unpaired) electrons. The van der Waals surface area contributed by atoms with E-state index >= 15 is 0 Å². The van der Waals surface area contributed by atoms with Gasteiger partial charge in [0.25, 0.3) is 0 Å². The molecule has 1 fully saturated rings. The first-order valence-corrected chi connectivity index (χ1v) is 9.86. The van der Waals surface area contributed by atoms with Gasteiger partial charge in [-0.25, -0.2) is 9.78 Å². The van der Waals surface area contributed by atoms with E-state index < -0.39 is 5.60 Å². The van der Waals surface area contributed by atoms with E-state index in [1.165, 1.54) is 0 Å². The van der Waals surface area contributed by atoms with Gasteiger partial charge in [0, 0.05) is 13.0 Å². The summed E-state index contributed by atoms with van der Waals surface area (Å²) in [6.45, 7) is 10.8. The summed E-state index contributed by atoms with van der Waals surface area (Å²) in [6, 6.07) is 6.04. The number of aromatic nitrogens is 2. The average Bonchev–Trinajstić information content (AvgIpc) is 3.14. The Hall–Kier alpha value is -2.06. The molecule has 1 aliphatic rings. The van der Waals surface area contributed by atoms with Crippen molar-refractivity contribution in [3.8, 4) is 0 Å². The number of rotatable bonds is 6. The van der Waals surface area contributed by atoms with E-state index in [1.54, 1.807) is 0 Å². The molecular weight excluding hydrogens is 357 g/mol. The number of hydrogen-bond donors (Lipinski definition) is 2. The van der Waals surface area contributed by atoms with Crippen molar-refractivity contribution in [3.63, 3.8) is 0 Å². The Balaban J connectivity index is 1.48. The smallest absolute Gasteiger partial charge is 0.444 e. The summed E-state index contributed by atoms with van der Waals surface area (Å²) >= 11 is 0. The molecule has 1 aromatic heterocycles. The van der Waals surface area contributed by atoms with Gasteiger partial charge in [-0.2, -0.15) is 0 Å². The number of imidazole rings is 1. The summed E-state index contributed by atoms with van der Waals surface area (Å²) in [7, 11) is -0.329. The van der Waals surface area contributed by atoms with Crippen molar-refractivity contribution in [1.29, 1.82) is 0 Å². The van der Waals surface area contributed by atoms with Gasteiger partial charge in [-0.3, -0.25) is 0 Å². The number of aryl methyl sites for hydroxylation is 1. The molecule has 7 nitrogen and oxygen atoms in total. The summed E-state index contributed by atoms with van der Waals surface area (Å²) in [5.74, 6) is 0.943. The molecule has 8 heteroatoms. The van der Waals surface area contributed by atoms with Crippen molar-refractivity contribution in [2.75, 3.05) is 13.2 Å². The number of hydrogen-bond acceptors (Lipinski definition) is 5. The topological polar surface area (TPSA) is 85.5 Å². The lowest BCUT2D eigenvalue weighted by atomic mass is 9.79. The van der Waals surface area contributed by atoms with Gasteiger partial charge in [0.1, 0.15) is 11.4 Å². The molecule has 0 spiro atoms. The van der Waals surface area contributed by atoms with Crippen molar-refractivity contribution in [2.45, 2.75) is 65.1 Å². The maximum atomic E-state index is 11.6. The van der Waals surface area contributed by atoms with Crippen LogP contribution in [-0.4, -0.2) is 47.5 Å². The Bertz CT molecular complexity index is 828. The van der Waals surface area contributed by atoms with E-state index in [4.69, 9.17) is 14.0 Å². The number of benzene rings is 1. The molecule has 0 saturated carbocycles. The first-order valence-electron chi connectivity index (χ1n) is 9.86. The summed E-state index contributed by atoms with van der Waals surface area (Å²) < 4.78 is 16.9. The Morgan fingerprint density at radius 3 is 2.82 bits per heavy atom. The number of aromatic amines is 1. The molecule has 1 saturated heterocycles. The molecule has 0 atom stereocenters. The highest BCUT2D eigenvalue weighted by Gasteiger charge is 2.38. The van der Waals surface area contributed by atoms with E-state index in [1.807, 2.05) is 52.8 Å². The normalized spacial score (nSPS) is 16.5. The van der Waals surface area contributed by atoms with E-state index in [-0.39, 0.29) is 18.8 Å². The number of nitrogens with zero attached hydrogens (tertiary/aromatic N) is 1. The molecule has 28 heavy (non-hydrogen) atoms. The lowest BCUT2D eigenvalue weighted by Crippen LogP contribution is -2.34. The van der Waals surface area contributed by atoms with E-state index in [0.29, 0.717) is 13.2 Å². The molecule has 2 aromatic rings. The molecule has 0 bridgehead atoms. The highest BCUT2D eigenvalue weighted by molar-refractivity contribution is 6.62. The highest BCUT2D eigenvalue weighted by Crippen LogP contribution is 2.20. The number of fused-ring (bicyclic) bond motifs is 1. The highest BCUT2D eigenvalue weighted by atomic mass is 16.7. The number of unbranched alkanes of at least 4 members (excludes halogenated alkanes) is 1. The fourth-order valence-corrected chi connectivity index (χ4v) is 3.07. The van der Waals surface area contributed by atoms with Gasteiger partial charge in [0.05, 0.1) is 23.2 Å². The first-order chi connectivity index (χ1) is 13.1. The van der Waals surface area contributed by atoms with Crippen LogP contribution in [0, 0.1) is 0 Å². The van der Waals surface area contributed by atoms with Gasteiger partial charge in [-0.05, 0) is 65.1 Å². The molecule has 0 unspecified atom stereocenters. The van der Waals surface area contributed by atoms with Crippen LogP contribution in [0.3, 0.4) is 0 Å². The van der Waals surface area contributed by atoms with Gasteiger partial charge in [0.15, 0.2) is 0 Å². The molecule has 2 heterocycles. The van der Waals surface area contributed by atoms with Gasteiger partial charge in [-0.15, -0.1) is 0 Å². The fraction of sp³-hybridized carbons (Fsp3) is 0.600. The third-order valence-electron chi connectivity index (χ3n) is 4.34. The lowest BCUT2D eigenvalue weighted by Gasteiger charge is -2.19. The summed E-state index contributed by atoms with van der Waals surface area (Å²) in [5.41, 5.74) is 2.18. The van der Waals surface area contributed by atoms with Gasteiger partial charge in [0.2, 0.25) is 0 Å². The first kappa shape index (κ1) is 20.7. The second kappa shape index (κ2) is 8.13. The molecule has 1 aliphatic heterocycles. The average molecular weight is 387 g/mol. The van der Waals surface area contributed by atoms with E-state index in [2.05, 4.69) is 15.3 Å². The van der Waals surface area contributed by atoms with Crippen molar-refractivity contribution in [1.82, 2.24) is 15.3 Å². The summed E-state index contributed by atoms with van der Waals surface area (Å²) in [4.78, 5) is 19.6. The number of alkyl carbamates (subject to hydrolysis) is 1. The minimum atomic E-state index is -0.471. The number of ether oxygens (including phenoxy) is 1. The Morgan fingerprint density at radius 2 is 2.14 bits per heavy atom. The minimum absolute atomic E-state index is 0.258. The zero-order chi connectivity index (χ0) is 20.4. The summed E-state index contributed by atoms with van der Waals surface area (Å²) in [6.07, 6.45) is 2.23. The zero-order valence-corrected chi connectivity index (χ0v) is 17.4. The van der Waals surface area contributed by atoms with Gasteiger partial charge < -0.3 is 24.3 Å². The molecule has 3 rings (SSSR count). The Labute approximate surface area is 166 Å². The van der Waals surface area contributed by atoms with Crippen LogP contribution in [0.2, 0.25) is 0 Å². The number of nitrogens with one attached hydrogen (secondary N) is 2. The van der Waals surface area contributed by atoms with Crippen LogP contribution in [0.25, 0.3) is 11.0 Å². The minimum Gasteiger partial charge on any atom is -0.444 e. The van der Waals surface area contributed by atoms with Crippen molar-refractivity contribution in [3.05, 3.63) is 24.0 Å². The Kier molecular flexibility index (Phi) is 6.00. The summed E-state index contributed by atoms with van der Waals surface area (Å²) in [5, 5.41) is 2.78. The monoisotopic (exact) mass is 387 g/mol. The maximum absolute atomic E-state index is 11.6. The molecule has 152 valence electrons. The van der Waals surface area contributed by atoms with Crippen LogP contribution < -0.4 is 10.8 Å². The van der Waals surface area contributed by atoms with Gasteiger partial charge in [-0.1, -0.05) is 6.07 Å². The van der Waals surface area contributed by atoms with Crippen LogP contribution in [0.1, 0.15) is 53.3 Å². The van der Waals surface area contributed by atoms with Crippen molar-refractivity contribution < 1.29 is 18.8 Å². The lowest BCUT2D eigenvalue weighted by molar-refractivity contribution is 0.0527. The number of H-pyrrole nitrogens is 1. The number of carbonyl (C=O) groups is 1. The molecule has 1 aromatic carbocycles. The molecular formula is C20H30BN3O4. The van der Waals surface area contributed by atoms with Gasteiger partial charge >= 0.3 is 13.2 Å². The third-order valence-corrected chi connectivity index (χ3v) is 4.34. The fourth-order valence-electron chi connectivity index (χ4n) is 3.07. The van der Waals surface area contributed by atoms with Crippen LogP contribution in [0.5, 0.6) is 0 Å². The third kappa shape index (κ3) is 5.72. The molecule has 1 amide bonds. The van der Waals surface area contributed by atoms with Crippen LogP contribution >= 0.6 is 0 Å². The quantitative estimate of drug-likeness (QED) is 0.588. The predicted octanol–water partition coefficient (Wildman–Crippen LogP) is 2.93. The predicted molar refractivity (Wildman–Crippen MR) is 110 cm³/mol. The SMILES string of the molecule is CC(C)(C)OC(=O)NCCCCc1nc2ccc(B3OCC(C)(C)O3)cc2[nH]1. The molecule has 2 N–H and O–H groups in total. The number of amides is 1. The second-order valence-corrected chi connectivity index (χ2v) is 8.87. The Morgan fingerprint density at radius 1 is 1.36 bits per heavy atom. The second-order valence-electron chi connectivity index (χ2n) is 8.87. The van der Waals surface area contributed by atoms with Crippen LogP contribution in [0.4, 0.5) is 4.79 Å². The van der Waals surface area contributed by atoms with Crippen LogP contribution in [-0.2, 0) is 20.5 Å². The molecule has 0 aliphatic carbocycles. The zero-order valence-electron chi connectivity index (χ0n) is 17.4. The van der Waals surface area contributed by atoms with Crippen molar-refractivity contribution in [2.24, 2.45) is 0 Å². The maximum Gasteiger partial charge on any atom is 0.494 e. The van der Waals surface area contributed by atoms with Crippen molar-refractivity contribution >= 4 is 29.7 Å². The van der Waals surface area contributed by atoms with Crippen LogP contribution in [0.15, 0.2) is 18.2 Å². The number of carbonyl (C=O) groups excluding carboxylic acids is 1. The van der Waals surface area contributed by atoms with E-state index in [9.17, 15) is 4.79 Å².